The second-order valence-electron chi connectivity index (χ2n) is 2.03. The van der Waals surface area contributed by atoms with Crippen molar-refractivity contribution < 1.29 is 13.0 Å². The summed E-state index contributed by atoms with van der Waals surface area (Å²) in [6.45, 7) is 1.90. The molecule has 0 bridgehead atoms. The highest BCUT2D eigenvalue weighted by atomic mass is 32.2. The Hall–Kier alpha value is -0.610. The zero-order chi connectivity index (χ0) is 8.74. The number of rotatable bonds is 4. The summed E-state index contributed by atoms with van der Waals surface area (Å²) in [7, 11) is -3.92. The van der Waals surface area contributed by atoms with E-state index in [0.29, 0.717) is 6.42 Å². The van der Waals surface area contributed by atoms with E-state index in [1.54, 1.807) is 0 Å². The van der Waals surface area contributed by atoms with E-state index in [9.17, 15) is 8.42 Å². The Labute approximate surface area is 67.2 Å². The molecule has 0 aliphatic carbocycles. The van der Waals surface area contributed by atoms with Gasteiger partial charge in [-0.3, -0.25) is 4.55 Å². The molecule has 11 heavy (non-hydrogen) atoms. The SMILES string of the molecule is CC=CCCC=CS(=O)(=O)O. The number of unbranched alkanes of at least 4 members (excludes halogenated alkanes) is 1. The zero-order valence-electron chi connectivity index (χ0n) is 6.40. The van der Waals surface area contributed by atoms with Gasteiger partial charge in [-0.25, -0.2) is 0 Å². The van der Waals surface area contributed by atoms with Gasteiger partial charge in [0.15, 0.2) is 0 Å². The molecule has 0 amide bonds. The maximum atomic E-state index is 10.1. The van der Waals surface area contributed by atoms with Crippen LogP contribution in [0.4, 0.5) is 0 Å². The highest BCUT2D eigenvalue weighted by molar-refractivity contribution is 7.88. The van der Waals surface area contributed by atoms with Gasteiger partial charge in [-0.15, -0.1) is 0 Å². The molecule has 0 heterocycles. The van der Waals surface area contributed by atoms with Crippen molar-refractivity contribution in [3.63, 3.8) is 0 Å². The molecular weight excluding hydrogens is 164 g/mol. The Balaban J connectivity index is 3.63. The third-order valence-corrected chi connectivity index (χ3v) is 1.54. The van der Waals surface area contributed by atoms with E-state index in [0.717, 1.165) is 11.8 Å². The van der Waals surface area contributed by atoms with Gasteiger partial charge in [0.1, 0.15) is 0 Å². The zero-order valence-corrected chi connectivity index (χ0v) is 7.21. The molecule has 0 rings (SSSR count). The van der Waals surface area contributed by atoms with E-state index in [1.165, 1.54) is 6.08 Å². The lowest BCUT2D eigenvalue weighted by molar-refractivity contribution is 0.494. The second kappa shape index (κ2) is 5.09. The van der Waals surface area contributed by atoms with Gasteiger partial charge in [-0.2, -0.15) is 8.42 Å². The van der Waals surface area contributed by atoms with E-state index in [4.69, 9.17) is 4.55 Å². The van der Waals surface area contributed by atoms with Crippen LogP contribution in [0.3, 0.4) is 0 Å². The molecule has 0 atom stereocenters. The fraction of sp³-hybridized carbons (Fsp3) is 0.429. The van der Waals surface area contributed by atoms with Crippen molar-refractivity contribution in [2.45, 2.75) is 19.8 Å². The molecule has 0 unspecified atom stereocenters. The van der Waals surface area contributed by atoms with Crippen molar-refractivity contribution >= 4 is 10.1 Å². The summed E-state index contributed by atoms with van der Waals surface area (Å²) in [4.78, 5) is 0. The Morgan fingerprint density at radius 1 is 1.27 bits per heavy atom. The van der Waals surface area contributed by atoms with Gasteiger partial charge in [-0.1, -0.05) is 18.2 Å². The van der Waals surface area contributed by atoms with Crippen LogP contribution in [0.15, 0.2) is 23.6 Å². The van der Waals surface area contributed by atoms with Crippen molar-refractivity contribution in [2.75, 3.05) is 0 Å². The van der Waals surface area contributed by atoms with Crippen molar-refractivity contribution in [2.24, 2.45) is 0 Å². The summed E-state index contributed by atoms with van der Waals surface area (Å²) in [5.41, 5.74) is 0. The van der Waals surface area contributed by atoms with Gasteiger partial charge < -0.3 is 0 Å². The van der Waals surface area contributed by atoms with Crippen LogP contribution in [0.1, 0.15) is 19.8 Å². The predicted molar refractivity (Wildman–Crippen MR) is 44.7 cm³/mol. The predicted octanol–water partition coefficient (Wildman–Crippen LogP) is 1.74. The van der Waals surface area contributed by atoms with Gasteiger partial charge in [-0.05, 0) is 19.8 Å². The lowest BCUT2D eigenvalue weighted by atomic mass is 10.3. The minimum absolute atomic E-state index is 0.629. The van der Waals surface area contributed by atoms with Crippen LogP contribution >= 0.6 is 0 Å². The van der Waals surface area contributed by atoms with Gasteiger partial charge in [0.05, 0.1) is 5.41 Å². The topological polar surface area (TPSA) is 54.4 Å². The summed E-state index contributed by atoms with van der Waals surface area (Å²) < 4.78 is 28.5. The molecule has 0 radical (unpaired) electrons. The Kier molecular flexibility index (Phi) is 4.81. The smallest absolute Gasteiger partial charge is 0.282 e. The molecular formula is C7H12O3S. The van der Waals surface area contributed by atoms with Crippen LogP contribution in [-0.2, 0) is 10.1 Å². The van der Waals surface area contributed by atoms with Crippen LogP contribution < -0.4 is 0 Å². The van der Waals surface area contributed by atoms with Crippen LogP contribution in [0.25, 0.3) is 0 Å². The molecule has 0 aliphatic rings. The maximum absolute atomic E-state index is 10.1. The summed E-state index contributed by atoms with van der Waals surface area (Å²) in [6, 6.07) is 0. The molecule has 1 N–H and O–H groups in total. The Morgan fingerprint density at radius 2 is 1.82 bits per heavy atom. The average Bonchev–Trinajstić information content (AvgIpc) is 1.85. The molecule has 64 valence electrons. The molecule has 4 heteroatoms. The first-order valence-electron chi connectivity index (χ1n) is 3.31. The fourth-order valence-electron chi connectivity index (χ4n) is 0.549. The molecule has 3 nitrogen and oxygen atoms in total. The third-order valence-electron chi connectivity index (χ3n) is 1.00. The molecule has 0 spiro atoms. The summed E-state index contributed by atoms with van der Waals surface area (Å²) in [6.07, 6.45) is 6.66. The quantitative estimate of drug-likeness (QED) is 0.403. The van der Waals surface area contributed by atoms with Crippen LogP contribution in [-0.4, -0.2) is 13.0 Å². The average molecular weight is 176 g/mol. The first-order chi connectivity index (χ1) is 5.06. The second-order valence-corrected chi connectivity index (χ2v) is 3.34. The molecule has 0 fully saturated rings. The van der Waals surface area contributed by atoms with E-state index >= 15 is 0 Å². The molecule has 0 aromatic rings. The number of allylic oxidation sites excluding steroid dienone is 3. The van der Waals surface area contributed by atoms with E-state index < -0.39 is 10.1 Å². The lowest BCUT2D eigenvalue weighted by Gasteiger charge is -1.85. The highest BCUT2D eigenvalue weighted by Gasteiger charge is 1.92. The van der Waals surface area contributed by atoms with Crippen LogP contribution in [0, 0.1) is 0 Å². The first kappa shape index (κ1) is 10.4. The minimum atomic E-state index is -3.92. The van der Waals surface area contributed by atoms with Gasteiger partial charge >= 0.3 is 0 Å². The molecule has 0 aromatic carbocycles. The molecule has 0 saturated heterocycles. The monoisotopic (exact) mass is 176 g/mol. The lowest BCUT2D eigenvalue weighted by Crippen LogP contribution is -1.88. The third kappa shape index (κ3) is 9.39. The van der Waals surface area contributed by atoms with Crippen molar-refractivity contribution in [1.82, 2.24) is 0 Å². The molecule has 0 aliphatic heterocycles. The highest BCUT2D eigenvalue weighted by Crippen LogP contribution is 1.94. The van der Waals surface area contributed by atoms with Crippen LogP contribution in [0.2, 0.25) is 0 Å². The number of hydrogen-bond donors (Lipinski definition) is 1. The minimum Gasteiger partial charge on any atom is -0.282 e. The van der Waals surface area contributed by atoms with Gasteiger partial charge in [0.25, 0.3) is 10.1 Å². The standard InChI is InChI=1S/C7H12O3S/c1-2-3-4-5-6-7-11(8,9)10/h2-3,6-7H,4-5H2,1H3,(H,8,9,10). The van der Waals surface area contributed by atoms with E-state index in [1.807, 2.05) is 19.1 Å². The van der Waals surface area contributed by atoms with Gasteiger partial charge in [0, 0.05) is 0 Å². The fourth-order valence-corrected chi connectivity index (χ4v) is 0.928. The van der Waals surface area contributed by atoms with Crippen molar-refractivity contribution in [3.8, 4) is 0 Å². The van der Waals surface area contributed by atoms with Gasteiger partial charge in [0.2, 0.25) is 0 Å². The Bertz CT molecular complexity index is 236. The van der Waals surface area contributed by atoms with Crippen molar-refractivity contribution in [3.05, 3.63) is 23.6 Å². The first-order valence-corrected chi connectivity index (χ1v) is 4.82. The Morgan fingerprint density at radius 3 is 2.27 bits per heavy atom. The summed E-state index contributed by atoms with van der Waals surface area (Å²) in [5, 5.41) is 0.802. The molecule has 0 aromatic heterocycles. The van der Waals surface area contributed by atoms with E-state index in [-0.39, 0.29) is 0 Å². The normalized spacial score (nSPS) is 13.3. The number of hydrogen-bond acceptors (Lipinski definition) is 2. The maximum Gasteiger partial charge on any atom is 0.287 e. The largest absolute Gasteiger partial charge is 0.287 e. The van der Waals surface area contributed by atoms with Crippen LogP contribution in [0.5, 0.6) is 0 Å². The summed E-state index contributed by atoms with van der Waals surface area (Å²) in [5.74, 6) is 0. The van der Waals surface area contributed by atoms with E-state index in [2.05, 4.69) is 0 Å². The van der Waals surface area contributed by atoms with Crippen molar-refractivity contribution in [1.29, 1.82) is 0 Å². The summed E-state index contributed by atoms with van der Waals surface area (Å²) >= 11 is 0. The molecule has 0 saturated carbocycles.